The highest BCUT2D eigenvalue weighted by Crippen LogP contribution is 2.34. The lowest BCUT2D eigenvalue weighted by atomic mass is 9.94. The van der Waals surface area contributed by atoms with Crippen molar-refractivity contribution in [2.45, 2.75) is 65.3 Å². The Kier molecular flexibility index (Phi) is 9.13. The smallest absolute Gasteiger partial charge is 0.464 e. The van der Waals surface area contributed by atoms with Crippen molar-refractivity contribution < 1.29 is 23.8 Å². The number of benzene rings is 1. The van der Waals surface area contributed by atoms with Gasteiger partial charge in [-0.15, -0.1) is 0 Å². The van der Waals surface area contributed by atoms with Crippen molar-refractivity contribution >= 4 is 12.1 Å². The number of esters is 1. The fraction of sp³-hybridized carbons (Fsp3) is 0.600. The number of hydrogen-bond acceptors (Lipinski definition) is 6. The van der Waals surface area contributed by atoms with E-state index in [2.05, 4.69) is 0 Å². The highest BCUT2D eigenvalue weighted by Gasteiger charge is 2.21. The molecule has 6 nitrogen and oxygen atoms in total. The molecular formula is C20H31NO5. The molecular weight excluding hydrogens is 334 g/mol. The third kappa shape index (κ3) is 6.67. The molecule has 1 rings (SSSR count). The van der Waals surface area contributed by atoms with Crippen molar-refractivity contribution in [1.82, 2.24) is 0 Å². The van der Waals surface area contributed by atoms with E-state index in [9.17, 15) is 9.59 Å². The first-order chi connectivity index (χ1) is 12.3. The van der Waals surface area contributed by atoms with E-state index in [1.165, 1.54) is 0 Å². The first-order valence-corrected chi connectivity index (χ1v) is 9.17. The zero-order chi connectivity index (χ0) is 19.7. The van der Waals surface area contributed by atoms with Crippen LogP contribution in [-0.2, 0) is 14.3 Å². The molecule has 146 valence electrons. The quantitative estimate of drug-likeness (QED) is 0.402. The van der Waals surface area contributed by atoms with Gasteiger partial charge < -0.3 is 19.9 Å². The topological polar surface area (TPSA) is 87.9 Å². The van der Waals surface area contributed by atoms with Gasteiger partial charge in [-0.3, -0.25) is 4.79 Å². The molecule has 0 spiro atoms. The normalized spacial score (nSPS) is 12.2. The molecule has 6 heteroatoms. The zero-order valence-electron chi connectivity index (χ0n) is 16.4. The van der Waals surface area contributed by atoms with Crippen LogP contribution in [0, 0.1) is 0 Å². The highest BCUT2D eigenvalue weighted by molar-refractivity contribution is 5.76. The van der Waals surface area contributed by atoms with Crippen LogP contribution in [0.25, 0.3) is 0 Å². The molecule has 0 amide bonds. The fourth-order valence-corrected chi connectivity index (χ4v) is 2.36. The lowest BCUT2D eigenvalue weighted by Gasteiger charge is -2.19. The highest BCUT2D eigenvalue weighted by atomic mass is 16.7. The van der Waals surface area contributed by atoms with Crippen molar-refractivity contribution in [3.63, 3.8) is 0 Å². The number of rotatable bonds is 9. The van der Waals surface area contributed by atoms with Gasteiger partial charge in [0.25, 0.3) is 0 Å². The molecule has 0 saturated heterocycles. The van der Waals surface area contributed by atoms with Crippen LogP contribution in [0.15, 0.2) is 18.2 Å². The Balaban J connectivity index is 2.69. The maximum atomic E-state index is 12.1. The van der Waals surface area contributed by atoms with Crippen molar-refractivity contribution in [3.05, 3.63) is 29.3 Å². The minimum absolute atomic E-state index is 0.187. The molecule has 0 radical (unpaired) electrons. The molecule has 0 bridgehead atoms. The van der Waals surface area contributed by atoms with Crippen molar-refractivity contribution in [1.29, 1.82) is 0 Å². The van der Waals surface area contributed by atoms with E-state index >= 15 is 0 Å². The predicted molar refractivity (Wildman–Crippen MR) is 100 cm³/mol. The van der Waals surface area contributed by atoms with E-state index in [0.29, 0.717) is 12.4 Å². The second kappa shape index (κ2) is 10.8. The van der Waals surface area contributed by atoms with Crippen LogP contribution < -0.4 is 10.5 Å². The van der Waals surface area contributed by atoms with Gasteiger partial charge in [-0.2, -0.15) is 0 Å². The number of carbonyl (C=O) groups excluding carboxylic acids is 2. The Morgan fingerprint density at radius 2 is 1.62 bits per heavy atom. The molecule has 1 aromatic rings. The molecule has 0 saturated carbocycles. The summed E-state index contributed by atoms with van der Waals surface area (Å²) in [6, 6.07) is 4.78. The zero-order valence-corrected chi connectivity index (χ0v) is 16.4. The molecule has 26 heavy (non-hydrogen) atoms. The summed E-state index contributed by atoms with van der Waals surface area (Å²) in [5.41, 5.74) is 7.54. The van der Waals surface area contributed by atoms with Gasteiger partial charge in [-0.1, -0.05) is 59.2 Å². The van der Waals surface area contributed by atoms with Crippen LogP contribution in [0.2, 0.25) is 0 Å². The van der Waals surface area contributed by atoms with E-state index < -0.39 is 18.2 Å². The van der Waals surface area contributed by atoms with E-state index in [-0.39, 0.29) is 18.4 Å². The van der Waals surface area contributed by atoms with Crippen LogP contribution in [0.4, 0.5) is 4.79 Å². The Labute approximate surface area is 156 Å². The Bertz CT molecular complexity index is 572. The average molecular weight is 365 g/mol. The van der Waals surface area contributed by atoms with Gasteiger partial charge in [0, 0.05) is 0 Å². The number of para-hydroxylation sites is 1. The van der Waals surface area contributed by atoms with Crippen LogP contribution >= 0.6 is 0 Å². The van der Waals surface area contributed by atoms with Crippen LogP contribution in [-0.4, -0.2) is 31.4 Å². The van der Waals surface area contributed by atoms with Gasteiger partial charge in [0.15, 0.2) is 0 Å². The van der Waals surface area contributed by atoms with E-state index in [1.807, 2.05) is 52.8 Å². The average Bonchev–Trinajstić information content (AvgIpc) is 2.59. The van der Waals surface area contributed by atoms with Gasteiger partial charge in [0.1, 0.15) is 18.4 Å². The summed E-state index contributed by atoms with van der Waals surface area (Å²) in [5, 5.41) is 0. The summed E-state index contributed by atoms with van der Waals surface area (Å²) in [6.07, 6.45) is 0.807. The Hall–Kier alpha value is -2.08. The summed E-state index contributed by atoms with van der Waals surface area (Å²) in [7, 11) is 0. The minimum Gasteiger partial charge on any atom is -0.464 e. The second-order valence-corrected chi connectivity index (χ2v) is 6.87. The predicted octanol–water partition coefficient (Wildman–Crippen LogP) is 4.12. The van der Waals surface area contributed by atoms with Crippen LogP contribution in [0.1, 0.15) is 70.4 Å². The lowest BCUT2D eigenvalue weighted by molar-refractivity contribution is -0.146. The Morgan fingerprint density at radius 1 is 1.04 bits per heavy atom. The third-order valence-electron chi connectivity index (χ3n) is 3.93. The molecule has 0 heterocycles. The van der Waals surface area contributed by atoms with E-state index in [4.69, 9.17) is 19.9 Å². The lowest BCUT2D eigenvalue weighted by Crippen LogP contribution is -2.38. The molecule has 2 N–H and O–H groups in total. The molecule has 1 atom stereocenters. The molecule has 0 aliphatic heterocycles. The number of ether oxygens (including phenoxy) is 3. The van der Waals surface area contributed by atoms with Crippen molar-refractivity contribution in [2.24, 2.45) is 5.73 Å². The summed E-state index contributed by atoms with van der Waals surface area (Å²) in [6.45, 7) is 10.1. The summed E-state index contributed by atoms with van der Waals surface area (Å²) >= 11 is 0. The molecule has 0 aliphatic carbocycles. The molecule has 0 fully saturated rings. The van der Waals surface area contributed by atoms with Crippen LogP contribution in [0.5, 0.6) is 5.75 Å². The number of nitrogens with two attached hydrogens (primary N) is 1. The van der Waals surface area contributed by atoms with Crippen molar-refractivity contribution in [3.8, 4) is 5.75 Å². The molecule has 0 aromatic heterocycles. The van der Waals surface area contributed by atoms with Gasteiger partial charge in [-0.25, -0.2) is 4.79 Å². The first kappa shape index (κ1) is 22.0. The second-order valence-electron chi connectivity index (χ2n) is 6.87. The largest absolute Gasteiger partial charge is 0.513 e. The molecule has 0 unspecified atom stereocenters. The standard InChI is InChI=1S/C20H31NO5/c1-6-7-11-24-19(22)17(21)12-25-20(23)26-18-15(13(2)3)9-8-10-16(18)14(4)5/h8-10,13-14,17H,6-7,11-12,21H2,1-5H3/t17-/m0/s1. The summed E-state index contributed by atoms with van der Waals surface area (Å²) in [4.78, 5) is 23.8. The van der Waals surface area contributed by atoms with Gasteiger partial charge in [0.05, 0.1) is 6.61 Å². The summed E-state index contributed by atoms with van der Waals surface area (Å²) in [5.74, 6) is 0.304. The molecule has 0 aliphatic rings. The SMILES string of the molecule is CCCCOC(=O)[C@@H](N)COC(=O)Oc1c(C(C)C)cccc1C(C)C. The Morgan fingerprint density at radius 3 is 2.12 bits per heavy atom. The monoisotopic (exact) mass is 365 g/mol. The fourth-order valence-electron chi connectivity index (χ4n) is 2.36. The maximum Gasteiger partial charge on any atom is 0.513 e. The number of unbranched alkanes of at least 4 members (excludes halogenated alkanes) is 1. The summed E-state index contributed by atoms with van der Waals surface area (Å²) < 4.78 is 15.5. The number of hydrogen-bond donors (Lipinski definition) is 1. The van der Waals surface area contributed by atoms with Crippen LogP contribution in [0.3, 0.4) is 0 Å². The number of carbonyl (C=O) groups is 2. The third-order valence-corrected chi connectivity index (χ3v) is 3.93. The first-order valence-electron chi connectivity index (χ1n) is 9.17. The maximum absolute atomic E-state index is 12.1. The van der Waals surface area contributed by atoms with E-state index in [0.717, 1.165) is 24.0 Å². The van der Waals surface area contributed by atoms with Crippen molar-refractivity contribution in [2.75, 3.05) is 13.2 Å². The van der Waals surface area contributed by atoms with Gasteiger partial charge in [0.2, 0.25) is 0 Å². The molecule has 1 aromatic carbocycles. The van der Waals surface area contributed by atoms with E-state index in [1.54, 1.807) is 0 Å². The van der Waals surface area contributed by atoms with Gasteiger partial charge >= 0.3 is 12.1 Å². The van der Waals surface area contributed by atoms with Gasteiger partial charge in [-0.05, 0) is 29.4 Å². The minimum atomic E-state index is -1.02.